The summed E-state index contributed by atoms with van der Waals surface area (Å²) < 4.78 is 1.65. The Balaban J connectivity index is 2.08. The molecule has 0 aliphatic carbocycles. The molecule has 1 N–H and O–H groups in total. The maximum absolute atomic E-state index is 10.7. The lowest BCUT2D eigenvalue weighted by atomic mass is 10.2. The summed E-state index contributed by atoms with van der Waals surface area (Å²) in [5.41, 5.74) is 2.22. The van der Waals surface area contributed by atoms with E-state index < -0.39 is 5.97 Å². The fourth-order valence-electron chi connectivity index (χ4n) is 1.69. The smallest absolute Gasteiger partial charge is 0.335 e. The van der Waals surface area contributed by atoms with Crippen LogP contribution < -0.4 is 0 Å². The average molecular weight is 297 g/mol. The van der Waals surface area contributed by atoms with Gasteiger partial charge < -0.3 is 5.11 Å². The van der Waals surface area contributed by atoms with Crippen LogP contribution in [0, 0.1) is 6.92 Å². The second kappa shape index (κ2) is 5.67. The van der Waals surface area contributed by atoms with E-state index in [-0.39, 0.29) is 0 Å². The van der Waals surface area contributed by atoms with Gasteiger partial charge in [-0.25, -0.2) is 4.79 Å². The lowest BCUT2D eigenvalue weighted by molar-refractivity contribution is 0.0697. The highest BCUT2D eigenvalue weighted by Gasteiger charge is 2.11. The molecule has 0 fully saturated rings. The molecule has 2 rings (SSSR count). The number of aromatic carboxylic acids is 1. The lowest BCUT2D eigenvalue weighted by Gasteiger charge is -2.02. The van der Waals surface area contributed by atoms with Gasteiger partial charge in [-0.3, -0.25) is 4.68 Å². The monoisotopic (exact) mass is 296 g/mol. The van der Waals surface area contributed by atoms with Crippen molar-refractivity contribution in [2.24, 2.45) is 7.05 Å². The van der Waals surface area contributed by atoms with E-state index >= 15 is 0 Å². The summed E-state index contributed by atoms with van der Waals surface area (Å²) in [7, 11) is 1.81. The molecule has 0 aliphatic heterocycles. The van der Waals surface area contributed by atoms with Crippen LogP contribution in [0.3, 0.4) is 0 Å². The molecule has 1 aromatic heterocycles. The van der Waals surface area contributed by atoms with Crippen LogP contribution >= 0.6 is 23.4 Å². The molecule has 100 valence electrons. The molecule has 0 saturated carbocycles. The third-order valence-corrected chi connectivity index (χ3v) is 4.27. The van der Waals surface area contributed by atoms with E-state index in [1.165, 1.54) is 0 Å². The molecule has 0 aliphatic rings. The number of hydrogen-bond donors (Lipinski definition) is 1. The van der Waals surface area contributed by atoms with Crippen LogP contribution in [0.1, 0.15) is 21.6 Å². The van der Waals surface area contributed by atoms with Gasteiger partial charge in [-0.1, -0.05) is 11.6 Å². The second-order valence-electron chi connectivity index (χ2n) is 4.10. The summed E-state index contributed by atoms with van der Waals surface area (Å²) in [6, 6.07) is 6.80. The Kier molecular flexibility index (Phi) is 4.17. The Morgan fingerprint density at radius 1 is 1.42 bits per heavy atom. The molecule has 4 nitrogen and oxygen atoms in total. The number of nitrogens with zero attached hydrogens (tertiary/aromatic N) is 2. The minimum absolute atomic E-state index is 0.292. The van der Waals surface area contributed by atoms with Gasteiger partial charge in [-0.15, -0.1) is 11.8 Å². The molecule has 2 aromatic rings. The van der Waals surface area contributed by atoms with Crippen LogP contribution in [0.15, 0.2) is 29.2 Å². The maximum atomic E-state index is 10.7. The van der Waals surface area contributed by atoms with E-state index in [0.29, 0.717) is 16.5 Å². The van der Waals surface area contributed by atoms with Crippen LogP contribution in [0.25, 0.3) is 0 Å². The van der Waals surface area contributed by atoms with Crippen LogP contribution in [-0.2, 0) is 12.8 Å². The van der Waals surface area contributed by atoms with Gasteiger partial charge in [0.15, 0.2) is 0 Å². The van der Waals surface area contributed by atoms with Gasteiger partial charge in [-0.05, 0) is 31.2 Å². The van der Waals surface area contributed by atoms with Crippen molar-refractivity contribution in [2.45, 2.75) is 17.6 Å². The molecule has 0 saturated heterocycles. The molecule has 19 heavy (non-hydrogen) atoms. The van der Waals surface area contributed by atoms with E-state index in [0.717, 1.165) is 16.2 Å². The van der Waals surface area contributed by atoms with Crippen LogP contribution in [-0.4, -0.2) is 20.9 Å². The highest BCUT2D eigenvalue weighted by Crippen LogP contribution is 2.28. The molecule has 0 atom stereocenters. The number of aryl methyl sites for hydroxylation is 2. The zero-order valence-corrected chi connectivity index (χ0v) is 12.1. The number of hydrogen-bond acceptors (Lipinski definition) is 3. The number of benzene rings is 1. The summed E-state index contributed by atoms with van der Waals surface area (Å²) in [5.74, 6) is -0.201. The Labute approximate surface area is 120 Å². The summed E-state index contributed by atoms with van der Waals surface area (Å²) in [5, 5.41) is 13.7. The highest BCUT2D eigenvalue weighted by molar-refractivity contribution is 7.98. The van der Waals surface area contributed by atoms with Gasteiger partial charge in [0.1, 0.15) is 5.15 Å². The molecule has 0 radical (unpaired) electrons. The van der Waals surface area contributed by atoms with E-state index in [9.17, 15) is 4.79 Å². The molecular weight excluding hydrogens is 284 g/mol. The van der Waals surface area contributed by atoms with E-state index in [4.69, 9.17) is 16.7 Å². The first-order chi connectivity index (χ1) is 8.99. The van der Waals surface area contributed by atoms with Gasteiger partial charge in [0.2, 0.25) is 0 Å². The number of rotatable bonds is 4. The predicted octanol–water partition coefficient (Wildman–Crippen LogP) is 3.37. The van der Waals surface area contributed by atoms with E-state index in [2.05, 4.69) is 5.10 Å². The Morgan fingerprint density at radius 2 is 2.05 bits per heavy atom. The number of thioether (sulfide) groups is 1. The normalized spacial score (nSPS) is 10.7. The average Bonchev–Trinajstić information content (AvgIpc) is 2.62. The van der Waals surface area contributed by atoms with Gasteiger partial charge in [0, 0.05) is 23.3 Å². The molecule has 0 bridgehead atoms. The molecule has 1 heterocycles. The van der Waals surface area contributed by atoms with Crippen molar-refractivity contribution in [3.63, 3.8) is 0 Å². The Bertz CT molecular complexity index is 608. The van der Waals surface area contributed by atoms with Crippen molar-refractivity contribution >= 4 is 29.3 Å². The van der Waals surface area contributed by atoms with Gasteiger partial charge >= 0.3 is 5.97 Å². The second-order valence-corrected chi connectivity index (χ2v) is 5.50. The number of halogens is 1. The van der Waals surface area contributed by atoms with Crippen molar-refractivity contribution in [1.82, 2.24) is 9.78 Å². The van der Waals surface area contributed by atoms with Crippen LogP contribution in [0.4, 0.5) is 0 Å². The number of carboxylic acid groups (broad SMARTS) is 1. The van der Waals surface area contributed by atoms with E-state index in [1.807, 2.05) is 14.0 Å². The maximum Gasteiger partial charge on any atom is 0.335 e. The number of carboxylic acids is 1. The predicted molar refractivity (Wildman–Crippen MR) is 75.9 cm³/mol. The van der Waals surface area contributed by atoms with Crippen molar-refractivity contribution in [2.75, 3.05) is 0 Å². The molecular formula is C13H13ClN2O2S. The topological polar surface area (TPSA) is 55.1 Å². The summed E-state index contributed by atoms with van der Waals surface area (Å²) in [4.78, 5) is 11.8. The van der Waals surface area contributed by atoms with Crippen LogP contribution in [0.5, 0.6) is 0 Å². The zero-order chi connectivity index (χ0) is 14.0. The fourth-order valence-corrected chi connectivity index (χ4v) is 2.99. The third kappa shape index (κ3) is 3.11. The molecule has 1 aromatic carbocycles. The van der Waals surface area contributed by atoms with Gasteiger partial charge in [-0.2, -0.15) is 5.10 Å². The first-order valence-corrected chi connectivity index (χ1v) is 6.99. The minimum Gasteiger partial charge on any atom is -0.478 e. The summed E-state index contributed by atoms with van der Waals surface area (Å²) in [6.45, 7) is 1.93. The largest absolute Gasteiger partial charge is 0.478 e. The van der Waals surface area contributed by atoms with Gasteiger partial charge in [0.05, 0.1) is 11.3 Å². The number of aromatic nitrogens is 2. The standard InChI is InChI=1S/C13H13ClN2O2S/c1-8-11(12(14)16(2)15-8)7-19-10-5-3-9(4-6-10)13(17)18/h3-6H,7H2,1-2H3,(H,17,18). The zero-order valence-electron chi connectivity index (χ0n) is 10.6. The summed E-state index contributed by atoms with van der Waals surface area (Å²) in [6.07, 6.45) is 0. The third-order valence-electron chi connectivity index (χ3n) is 2.75. The van der Waals surface area contributed by atoms with Crippen molar-refractivity contribution in [3.8, 4) is 0 Å². The minimum atomic E-state index is -0.914. The number of carbonyl (C=O) groups is 1. The quantitative estimate of drug-likeness (QED) is 0.879. The van der Waals surface area contributed by atoms with Crippen LogP contribution in [0.2, 0.25) is 5.15 Å². The summed E-state index contributed by atoms with van der Waals surface area (Å²) >= 11 is 7.76. The lowest BCUT2D eigenvalue weighted by Crippen LogP contribution is -1.94. The Hall–Kier alpha value is -1.46. The first kappa shape index (κ1) is 14.0. The van der Waals surface area contributed by atoms with E-state index in [1.54, 1.807) is 40.7 Å². The molecule has 0 amide bonds. The van der Waals surface area contributed by atoms with Gasteiger partial charge in [0.25, 0.3) is 0 Å². The molecule has 0 spiro atoms. The SMILES string of the molecule is Cc1nn(C)c(Cl)c1CSc1ccc(C(=O)O)cc1. The van der Waals surface area contributed by atoms with Crippen molar-refractivity contribution in [3.05, 3.63) is 46.2 Å². The Morgan fingerprint density at radius 3 is 2.53 bits per heavy atom. The van der Waals surface area contributed by atoms with Crippen molar-refractivity contribution in [1.29, 1.82) is 0 Å². The molecule has 0 unspecified atom stereocenters. The first-order valence-electron chi connectivity index (χ1n) is 5.63. The van der Waals surface area contributed by atoms with Crippen molar-refractivity contribution < 1.29 is 9.90 Å². The fraction of sp³-hybridized carbons (Fsp3) is 0.231. The highest BCUT2D eigenvalue weighted by atomic mass is 35.5. The molecule has 6 heteroatoms.